The summed E-state index contributed by atoms with van der Waals surface area (Å²) in [6.07, 6.45) is 2.34. The van der Waals surface area contributed by atoms with Gasteiger partial charge in [0.15, 0.2) is 0 Å². The fourth-order valence-electron chi connectivity index (χ4n) is 4.35. The van der Waals surface area contributed by atoms with E-state index in [1.165, 1.54) is 0 Å². The number of carbonyl (C=O) groups excluding carboxylic acids is 1. The summed E-state index contributed by atoms with van der Waals surface area (Å²) in [5.41, 5.74) is 0.889. The summed E-state index contributed by atoms with van der Waals surface area (Å²) in [5.74, 6) is 0.707. The van der Waals surface area contributed by atoms with Gasteiger partial charge >= 0.3 is 5.97 Å². The molecule has 1 heterocycles. The fourth-order valence-corrected chi connectivity index (χ4v) is 4.35. The topological polar surface area (TPSA) is 46.5 Å². The molecule has 0 radical (unpaired) electrons. The van der Waals surface area contributed by atoms with Crippen LogP contribution in [0.3, 0.4) is 0 Å². The van der Waals surface area contributed by atoms with Crippen LogP contribution in [-0.4, -0.2) is 22.8 Å². The van der Waals surface area contributed by atoms with Crippen molar-refractivity contribution >= 4 is 5.97 Å². The molecule has 0 unspecified atom stereocenters. The predicted octanol–water partition coefficient (Wildman–Crippen LogP) is 2.44. The van der Waals surface area contributed by atoms with Crippen LogP contribution in [0.5, 0.6) is 0 Å². The number of carbonyl (C=O) groups is 1. The van der Waals surface area contributed by atoms with Gasteiger partial charge in [0.25, 0.3) is 0 Å². The number of hydrogen-bond donors (Lipinski definition) is 1. The van der Waals surface area contributed by atoms with Gasteiger partial charge in [-0.15, -0.1) is 0 Å². The van der Waals surface area contributed by atoms with E-state index in [2.05, 4.69) is 20.8 Å². The molecule has 1 aliphatic heterocycles. The Morgan fingerprint density at radius 1 is 1.39 bits per heavy atom. The van der Waals surface area contributed by atoms with Crippen molar-refractivity contribution in [3.63, 3.8) is 0 Å². The second-order valence-electron chi connectivity index (χ2n) is 7.04. The molecule has 0 saturated heterocycles. The second-order valence-corrected chi connectivity index (χ2v) is 7.04. The number of aliphatic hydroxyl groups is 1. The van der Waals surface area contributed by atoms with Gasteiger partial charge in [-0.2, -0.15) is 0 Å². The summed E-state index contributed by atoms with van der Waals surface area (Å²) in [4.78, 5) is 11.9. The van der Waals surface area contributed by atoms with Crippen LogP contribution in [0, 0.1) is 17.3 Å². The lowest BCUT2D eigenvalue weighted by molar-refractivity contribution is -0.156. The Kier molecular flexibility index (Phi) is 2.30. The molecule has 0 bridgehead atoms. The molecule has 0 aromatic carbocycles. The molecular formula is C15H22O3. The number of aliphatic hydroxyl groups excluding tert-OH is 1. The summed E-state index contributed by atoms with van der Waals surface area (Å²) >= 11 is 0. The van der Waals surface area contributed by atoms with Gasteiger partial charge in [-0.05, 0) is 37.5 Å². The monoisotopic (exact) mass is 250 g/mol. The first-order valence-corrected chi connectivity index (χ1v) is 6.92. The Balaban J connectivity index is 2.17. The molecule has 2 saturated carbocycles. The van der Waals surface area contributed by atoms with Crippen molar-refractivity contribution in [2.45, 2.75) is 58.7 Å². The molecule has 2 fully saturated rings. The summed E-state index contributed by atoms with van der Waals surface area (Å²) in [6.45, 7) is 8.23. The Morgan fingerprint density at radius 3 is 2.72 bits per heavy atom. The van der Waals surface area contributed by atoms with Gasteiger partial charge in [0.2, 0.25) is 0 Å². The summed E-state index contributed by atoms with van der Waals surface area (Å²) in [6, 6.07) is 0. The van der Waals surface area contributed by atoms with Crippen molar-refractivity contribution in [3.8, 4) is 0 Å². The lowest BCUT2D eigenvalue weighted by atomic mass is 9.60. The maximum atomic E-state index is 11.9. The third kappa shape index (κ3) is 1.26. The zero-order valence-corrected chi connectivity index (χ0v) is 11.6. The van der Waals surface area contributed by atoms with Gasteiger partial charge in [0.05, 0.1) is 6.10 Å². The molecule has 3 heteroatoms. The predicted molar refractivity (Wildman–Crippen MR) is 67.8 cm³/mol. The van der Waals surface area contributed by atoms with Crippen LogP contribution < -0.4 is 0 Å². The SMILES string of the molecule is CC1=C2[C@@H](O)C(C)(C)C[C@H]3[C@@H](C)CC[C@@]23OC1=O. The van der Waals surface area contributed by atoms with Crippen molar-refractivity contribution in [1.82, 2.24) is 0 Å². The Morgan fingerprint density at radius 2 is 2.06 bits per heavy atom. The molecule has 1 spiro atoms. The minimum atomic E-state index is -0.550. The Bertz CT molecular complexity index is 449. The smallest absolute Gasteiger partial charge is 0.334 e. The average Bonchev–Trinajstić information content (AvgIpc) is 2.71. The number of ether oxygens (including phenoxy) is 1. The highest BCUT2D eigenvalue weighted by atomic mass is 16.6. The third-order valence-corrected chi connectivity index (χ3v) is 5.46. The first-order chi connectivity index (χ1) is 8.29. The molecular weight excluding hydrogens is 228 g/mol. The van der Waals surface area contributed by atoms with Crippen molar-refractivity contribution in [2.75, 3.05) is 0 Å². The maximum absolute atomic E-state index is 11.9. The summed E-state index contributed by atoms with van der Waals surface area (Å²) in [7, 11) is 0. The molecule has 18 heavy (non-hydrogen) atoms. The van der Waals surface area contributed by atoms with Gasteiger partial charge < -0.3 is 9.84 Å². The van der Waals surface area contributed by atoms with Crippen LogP contribution in [-0.2, 0) is 9.53 Å². The molecule has 100 valence electrons. The maximum Gasteiger partial charge on any atom is 0.334 e. The van der Waals surface area contributed by atoms with Crippen LogP contribution in [0.1, 0.15) is 47.0 Å². The minimum absolute atomic E-state index is 0.169. The van der Waals surface area contributed by atoms with Gasteiger partial charge in [0, 0.05) is 17.1 Å². The average molecular weight is 250 g/mol. The van der Waals surface area contributed by atoms with Gasteiger partial charge in [-0.1, -0.05) is 20.8 Å². The van der Waals surface area contributed by atoms with Crippen LogP contribution in [0.2, 0.25) is 0 Å². The van der Waals surface area contributed by atoms with Crippen molar-refractivity contribution in [3.05, 3.63) is 11.1 Å². The molecule has 4 atom stereocenters. The summed E-state index contributed by atoms with van der Waals surface area (Å²) in [5, 5.41) is 10.6. The van der Waals surface area contributed by atoms with Crippen molar-refractivity contribution < 1.29 is 14.6 Å². The minimum Gasteiger partial charge on any atom is -0.451 e. The zero-order valence-electron chi connectivity index (χ0n) is 11.6. The Hall–Kier alpha value is -0.830. The van der Waals surface area contributed by atoms with E-state index in [0.29, 0.717) is 17.4 Å². The molecule has 2 aliphatic carbocycles. The van der Waals surface area contributed by atoms with E-state index >= 15 is 0 Å². The highest BCUT2D eigenvalue weighted by Gasteiger charge is 2.63. The molecule has 0 aromatic rings. The first kappa shape index (κ1) is 12.2. The number of rotatable bonds is 0. The lowest BCUT2D eigenvalue weighted by Crippen LogP contribution is -2.52. The number of hydrogen-bond acceptors (Lipinski definition) is 3. The molecule has 3 rings (SSSR count). The van der Waals surface area contributed by atoms with Gasteiger partial charge in [-0.3, -0.25) is 0 Å². The number of esters is 1. The molecule has 1 N–H and O–H groups in total. The molecule has 3 aliphatic rings. The largest absolute Gasteiger partial charge is 0.451 e. The van der Waals surface area contributed by atoms with E-state index in [1.54, 1.807) is 6.92 Å². The first-order valence-electron chi connectivity index (χ1n) is 6.92. The second kappa shape index (κ2) is 3.38. The standard InChI is InChI=1S/C15H22O3/c1-8-5-6-15-10(8)7-14(3,4)12(16)11(15)9(2)13(17)18-15/h8,10,12,16H,5-7H2,1-4H3/t8-,10-,12+,15-/m0/s1. The van der Waals surface area contributed by atoms with E-state index in [1.807, 2.05) is 0 Å². The third-order valence-electron chi connectivity index (χ3n) is 5.46. The summed E-state index contributed by atoms with van der Waals surface area (Å²) < 4.78 is 5.75. The lowest BCUT2D eigenvalue weighted by Gasteiger charge is -2.48. The highest BCUT2D eigenvalue weighted by Crippen LogP contribution is 2.61. The quantitative estimate of drug-likeness (QED) is 0.672. The van der Waals surface area contributed by atoms with Crippen LogP contribution >= 0.6 is 0 Å². The van der Waals surface area contributed by atoms with E-state index < -0.39 is 11.7 Å². The van der Waals surface area contributed by atoms with E-state index in [9.17, 15) is 9.90 Å². The fraction of sp³-hybridized carbons (Fsp3) is 0.800. The highest BCUT2D eigenvalue weighted by molar-refractivity contribution is 5.93. The van der Waals surface area contributed by atoms with Crippen LogP contribution in [0.25, 0.3) is 0 Å². The molecule has 3 nitrogen and oxygen atoms in total. The normalized spacial score (nSPS) is 45.8. The van der Waals surface area contributed by atoms with Crippen molar-refractivity contribution in [2.24, 2.45) is 17.3 Å². The van der Waals surface area contributed by atoms with Crippen molar-refractivity contribution in [1.29, 1.82) is 0 Å². The van der Waals surface area contributed by atoms with Crippen LogP contribution in [0.4, 0.5) is 0 Å². The molecule has 0 amide bonds. The zero-order chi connectivity index (χ0) is 13.3. The van der Waals surface area contributed by atoms with E-state index in [-0.39, 0.29) is 11.4 Å². The van der Waals surface area contributed by atoms with Gasteiger partial charge in [0.1, 0.15) is 5.60 Å². The van der Waals surface area contributed by atoms with E-state index in [0.717, 1.165) is 24.8 Å². The van der Waals surface area contributed by atoms with Gasteiger partial charge in [-0.25, -0.2) is 4.79 Å². The van der Waals surface area contributed by atoms with Crippen LogP contribution in [0.15, 0.2) is 11.1 Å². The molecule has 0 aromatic heterocycles. The van der Waals surface area contributed by atoms with E-state index in [4.69, 9.17) is 4.74 Å². The Labute approximate surface area is 108 Å².